The van der Waals surface area contributed by atoms with Crippen LogP contribution in [0.1, 0.15) is 18.1 Å². The number of alkyl halides is 3. The topological polar surface area (TPSA) is 32.3 Å². The van der Waals surface area contributed by atoms with Crippen LogP contribution in [0.25, 0.3) is 0 Å². The average molecular weight is 311 g/mol. The fourth-order valence-electron chi connectivity index (χ4n) is 1.76. The lowest BCUT2D eigenvalue weighted by atomic mass is 10.1. The van der Waals surface area contributed by atoms with Gasteiger partial charge in [0.15, 0.2) is 0 Å². The monoisotopic (exact) mass is 311 g/mol. The minimum atomic E-state index is -4.56. The second kappa shape index (κ2) is 7.28. The minimum Gasteiger partial charge on any atom is -0.395 e. The molecule has 2 atom stereocenters. The molecular formula is C13H17F4NOS. The summed E-state index contributed by atoms with van der Waals surface area (Å²) < 4.78 is 50.9. The van der Waals surface area contributed by atoms with Crippen LogP contribution in [0.15, 0.2) is 18.2 Å². The molecule has 0 saturated heterocycles. The summed E-state index contributed by atoms with van der Waals surface area (Å²) in [7, 11) is 0. The number of halogens is 4. The van der Waals surface area contributed by atoms with Crippen LogP contribution in [0.2, 0.25) is 0 Å². The first kappa shape index (κ1) is 17.3. The van der Waals surface area contributed by atoms with Crippen molar-refractivity contribution in [1.82, 2.24) is 5.32 Å². The Labute approximate surface area is 119 Å². The van der Waals surface area contributed by atoms with Crippen molar-refractivity contribution in [2.24, 2.45) is 0 Å². The lowest BCUT2D eigenvalue weighted by molar-refractivity contribution is -0.137. The molecule has 0 spiro atoms. The van der Waals surface area contributed by atoms with Crippen molar-refractivity contribution in [1.29, 1.82) is 0 Å². The molecule has 0 aromatic heterocycles. The van der Waals surface area contributed by atoms with E-state index in [9.17, 15) is 17.6 Å². The van der Waals surface area contributed by atoms with Crippen LogP contribution in [0.4, 0.5) is 17.6 Å². The number of hydrogen-bond acceptors (Lipinski definition) is 3. The summed E-state index contributed by atoms with van der Waals surface area (Å²) in [6.07, 6.45) is -2.72. The molecule has 1 aromatic rings. The Kier molecular flexibility index (Phi) is 6.29. The predicted molar refractivity (Wildman–Crippen MR) is 72.1 cm³/mol. The van der Waals surface area contributed by atoms with Crippen molar-refractivity contribution < 1.29 is 22.7 Å². The number of rotatable bonds is 6. The highest BCUT2D eigenvalue weighted by atomic mass is 32.2. The molecule has 114 valence electrons. The number of thioether (sulfide) groups is 1. The zero-order chi connectivity index (χ0) is 15.3. The SMILES string of the molecule is CSC(CO)C(C)NCc1cc(F)cc(C(F)(F)F)c1. The van der Waals surface area contributed by atoms with Crippen molar-refractivity contribution in [3.05, 3.63) is 35.1 Å². The average Bonchev–Trinajstić information content (AvgIpc) is 2.36. The molecule has 1 rings (SSSR count). The Balaban J connectivity index is 2.76. The molecule has 20 heavy (non-hydrogen) atoms. The Bertz CT molecular complexity index is 435. The van der Waals surface area contributed by atoms with Gasteiger partial charge in [0.25, 0.3) is 0 Å². The van der Waals surface area contributed by atoms with Gasteiger partial charge in [-0.3, -0.25) is 0 Å². The number of nitrogens with one attached hydrogen (secondary N) is 1. The standard InChI is InChI=1S/C13H17F4NOS/c1-8(12(7-19)20-2)18-6-9-3-10(13(15,16)17)5-11(14)4-9/h3-5,8,12,18-19H,6-7H2,1-2H3. The van der Waals surface area contributed by atoms with Gasteiger partial charge in [0.05, 0.1) is 12.2 Å². The molecule has 0 saturated carbocycles. The Morgan fingerprint density at radius 2 is 1.95 bits per heavy atom. The molecule has 0 aliphatic carbocycles. The molecule has 2 unspecified atom stereocenters. The van der Waals surface area contributed by atoms with Crippen LogP contribution >= 0.6 is 11.8 Å². The number of aliphatic hydroxyl groups excluding tert-OH is 1. The quantitative estimate of drug-likeness (QED) is 0.792. The molecule has 0 aliphatic rings. The lowest BCUT2D eigenvalue weighted by Gasteiger charge is -2.21. The fraction of sp³-hybridized carbons (Fsp3) is 0.538. The van der Waals surface area contributed by atoms with Gasteiger partial charge in [-0.05, 0) is 36.9 Å². The van der Waals surface area contributed by atoms with E-state index in [1.807, 2.05) is 13.2 Å². The highest BCUT2D eigenvalue weighted by Crippen LogP contribution is 2.30. The van der Waals surface area contributed by atoms with Crippen LogP contribution in [0.3, 0.4) is 0 Å². The summed E-state index contributed by atoms with van der Waals surface area (Å²) in [5.41, 5.74) is -0.771. The highest BCUT2D eigenvalue weighted by molar-refractivity contribution is 7.99. The van der Waals surface area contributed by atoms with Gasteiger partial charge in [-0.25, -0.2) is 4.39 Å². The number of benzene rings is 1. The van der Waals surface area contributed by atoms with Crippen molar-refractivity contribution in [2.75, 3.05) is 12.9 Å². The maximum Gasteiger partial charge on any atom is 0.416 e. The van der Waals surface area contributed by atoms with Crippen molar-refractivity contribution in [2.45, 2.75) is 30.9 Å². The predicted octanol–water partition coefficient (Wildman–Crippen LogP) is 3.05. The molecule has 0 bridgehead atoms. The van der Waals surface area contributed by atoms with E-state index in [0.717, 1.165) is 12.1 Å². The van der Waals surface area contributed by atoms with E-state index in [1.54, 1.807) is 0 Å². The summed E-state index contributed by atoms with van der Waals surface area (Å²) in [5.74, 6) is -0.909. The zero-order valence-corrected chi connectivity index (χ0v) is 12.0. The Hall–Kier alpha value is -0.790. The molecular weight excluding hydrogens is 294 g/mol. The van der Waals surface area contributed by atoms with Gasteiger partial charge in [0.2, 0.25) is 0 Å². The van der Waals surface area contributed by atoms with Crippen LogP contribution in [0, 0.1) is 5.82 Å². The highest BCUT2D eigenvalue weighted by Gasteiger charge is 2.31. The van der Waals surface area contributed by atoms with Gasteiger partial charge >= 0.3 is 6.18 Å². The van der Waals surface area contributed by atoms with E-state index in [1.165, 1.54) is 11.8 Å². The molecule has 0 radical (unpaired) electrons. The van der Waals surface area contributed by atoms with Crippen LogP contribution in [0.5, 0.6) is 0 Å². The maximum atomic E-state index is 13.2. The van der Waals surface area contributed by atoms with E-state index >= 15 is 0 Å². The second-order valence-corrected chi connectivity index (χ2v) is 5.55. The van der Waals surface area contributed by atoms with Crippen molar-refractivity contribution in [3.8, 4) is 0 Å². The van der Waals surface area contributed by atoms with E-state index in [0.29, 0.717) is 6.07 Å². The van der Waals surface area contributed by atoms with Gasteiger partial charge in [0, 0.05) is 17.8 Å². The molecule has 0 amide bonds. The first-order valence-electron chi connectivity index (χ1n) is 6.01. The van der Waals surface area contributed by atoms with Gasteiger partial charge in [-0.2, -0.15) is 24.9 Å². The van der Waals surface area contributed by atoms with Gasteiger partial charge < -0.3 is 10.4 Å². The summed E-state index contributed by atoms with van der Waals surface area (Å²) in [6.45, 7) is 1.90. The Morgan fingerprint density at radius 3 is 2.45 bits per heavy atom. The summed E-state index contributed by atoms with van der Waals surface area (Å²) >= 11 is 1.46. The third-order valence-corrected chi connectivity index (χ3v) is 4.12. The minimum absolute atomic E-state index is 0.0354. The zero-order valence-electron chi connectivity index (χ0n) is 11.2. The third kappa shape index (κ3) is 4.96. The van der Waals surface area contributed by atoms with E-state index < -0.39 is 17.6 Å². The first-order valence-corrected chi connectivity index (χ1v) is 7.30. The van der Waals surface area contributed by atoms with Crippen LogP contribution in [-0.2, 0) is 12.7 Å². The van der Waals surface area contributed by atoms with Gasteiger partial charge in [-0.1, -0.05) is 0 Å². The normalized spacial score (nSPS) is 15.2. The molecule has 0 heterocycles. The number of aliphatic hydroxyl groups is 1. The summed E-state index contributed by atoms with van der Waals surface area (Å²) in [6, 6.07) is 2.37. The van der Waals surface area contributed by atoms with Crippen molar-refractivity contribution >= 4 is 11.8 Å². The summed E-state index contributed by atoms with van der Waals surface area (Å²) in [5, 5.41) is 12.0. The van der Waals surface area contributed by atoms with E-state index in [2.05, 4.69) is 5.32 Å². The number of hydrogen-bond donors (Lipinski definition) is 2. The van der Waals surface area contributed by atoms with Gasteiger partial charge in [-0.15, -0.1) is 0 Å². The van der Waals surface area contributed by atoms with Crippen LogP contribution < -0.4 is 5.32 Å². The van der Waals surface area contributed by atoms with E-state index in [-0.39, 0.29) is 30.0 Å². The first-order chi connectivity index (χ1) is 9.27. The molecule has 1 aromatic carbocycles. The van der Waals surface area contributed by atoms with Gasteiger partial charge in [0.1, 0.15) is 5.82 Å². The molecule has 7 heteroatoms. The molecule has 2 N–H and O–H groups in total. The van der Waals surface area contributed by atoms with Crippen molar-refractivity contribution in [3.63, 3.8) is 0 Å². The molecule has 0 aliphatic heterocycles. The fourth-order valence-corrected chi connectivity index (χ4v) is 2.42. The second-order valence-electron chi connectivity index (χ2n) is 4.47. The maximum absolute atomic E-state index is 13.2. The molecule has 2 nitrogen and oxygen atoms in total. The van der Waals surface area contributed by atoms with Crippen LogP contribution in [-0.4, -0.2) is 29.3 Å². The Morgan fingerprint density at radius 1 is 1.30 bits per heavy atom. The van der Waals surface area contributed by atoms with E-state index in [4.69, 9.17) is 5.11 Å². The smallest absolute Gasteiger partial charge is 0.395 e. The largest absolute Gasteiger partial charge is 0.416 e. The lowest BCUT2D eigenvalue weighted by Crippen LogP contribution is -2.37. The molecule has 0 fully saturated rings. The third-order valence-electron chi connectivity index (χ3n) is 2.95. The summed E-state index contributed by atoms with van der Waals surface area (Å²) in [4.78, 5) is 0.